The van der Waals surface area contributed by atoms with Crippen LogP contribution < -0.4 is 11.1 Å². The summed E-state index contributed by atoms with van der Waals surface area (Å²) in [6, 6.07) is 6.49. The molecular formula is C14H18ClN3O. The number of fused-ring (bicyclic) bond motifs is 1. The largest absolute Gasteiger partial charge is 0.381 e. The molecule has 2 atom stereocenters. The highest BCUT2D eigenvalue weighted by Crippen LogP contribution is 2.31. The van der Waals surface area contributed by atoms with Crippen LogP contribution in [0, 0.1) is 0 Å². The van der Waals surface area contributed by atoms with Crippen molar-refractivity contribution in [2.75, 3.05) is 18.4 Å². The molecule has 3 N–H and O–H groups in total. The molecule has 1 aromatic carbocycles. The average molecular weight is 280 g/mol. The summed E-state index contributed by atoms with van der Waals surface area (Å²) < 4.78 is 0. The summed E-state index contributed by atoms with van der Waals surface area (Å²) in [5, 5.41) is 3.96. The number of halogens is 1. The molecule has 0 aromatic heterocycles. The molecule has 0 radical (unpaired) electrons. The molecule has 0 spiro atoms. The van der Waals surface area contributed by atoms with Gasteiger partial charge in [-0.25, -0.2) is 0 Å². The van der Waals surface area contributed by atoms with Gasteiger partial charge in [-0.05, 0) is 44.0 Å². The number of nitrogens with zero attached hydrogens (tertiary/aromatic N) is 1. The highest BCUT2D eigenvalue weighted by molar-refractivity contribution is 6.34. The minimum Gasteiger partial charge on any atom is -0.381 e. The van der Waals surface area contributed by atoms with Crippen LogP contribution in [0.1, 0.15) is 29.6 Å². The summed E-state index contributed by atoms with van der Waals surface area (Å²) >= 11 is 6.07. The summed E-state index contributed by atoms with van der Waals surface area (Å²) in [5.41, 5.74) is 6.59. The van der Waals surface area contributed by atoms with Crippen LogP contribution in [-0.4, -0.2) is 36.0 Å². The topological polar surface area (TPSA) is 58.4 Å². The Morgan fingerprint density at radius 2 is 2.21 bits per heavy atom. The van der Waals surface area contributed by atoms with Crippen molar-refractivity contribution in [2.24, 2.45) is 5.73 Å². The van der Waals surface area contributed by atoms with Gasteiger partial charge < -0.3 is 11.1 Å². The zero-order valence-corrected chi connectivity index (χ0v) is 11.5. The van der Waals surface area contributed by atoms with E-state index in [2.05, 4.69) is 10.2 Å². The van der Waals surface area contributed by atoms with Gasteiger partial charge in [0, 0.05) is 24.3 Å². The quantitative estimate of drug-likeness (QED) is 0.891. The van der Waals surface area contributed by atoms with E-state index in [-0.39, 0.29) is 0 Å². The molecule has 4 nitrogen and oxygen atoms in total. The molecule has 1 aromatic rings. The van der Waals surface area contributed by atoms with Crippen LogP contribution in [-0.2, 0) is 0 Å². The van der Waals surface area contributed by atoms with Crippen molar-refractivity contribution in [1.29, 1.82) is 0 Å². The second kappa shape index (κ2) is 5.02. The molecule has 2 fully saturated rings. The van der Waals surface area contributed by atoms with E-state index in [0.717, 1.165) is 5.69 Å². The number of benzene rings is 1. The number of hydrogen-bond acceptors (Lipinski definition) is 3. The number of nitrogens with one attached hydrogen (secondary N) is 1. The van der Waals surface area contributed by atoms with E-state index < -0.39 is 5.91 Å². The molecule has 19 heavy (non-hydrogen) atoms. The predicted molar refractivity (Wildman–Crippen MR) is 76.6 cm³/mol. The van der Waals surface area contributed by atoms with Crippen molar-refractivity contribution in [1.82, 2.24) is 4.90 Å². The molecule has 5 heteroatoms. The van der Waals surface area contributed by atoms with E-state index in [0.29, 0.717) is 22.7 Å². The Labute approximate surface area is 117 Å². The zero-order chi connectivity index (χ0) is 13.4. The number of carbonyl (C=O) groups excluding carboxylic acids is 1. The Balaban J connectivity index is 1.73. The lowest BCUT2D eigenvalue weighted by Gasteiger charge is -2.22. The minimum absolute atomic E-state index is 0.376. The third-order valence-corrected chi connectivity index (χ3v) is 4.51. The van der Waals surface area contributed by atoms with Gasteiger partial charge in [0.05, 0.1) is 10.6 Å². The van der Waals surface area contributed by atoms with Crippen molar-refractivity contribution < 1.29 is 4.79 Å². The smallest absolute Gasteiger partial charge is 0.250 e. The van der Waals surface area contributed by atoms with Crippen molar-refractivity contribution in [3.63, 3.8) is 0 Å². The second-order valence-electron chi connectivity index (χ2n) is 5.34. The number of amides is 1. The van der Waals surface area contributed by atoms with Gasteiger partial charge in [-0.2, -0.15) is 0 Å². The van der Waals surface area contributed by atoms with Gasteiger partial charge in [-0.15, -0.1) is 0 Å². The van der Waals surface area contributed by atoms with Crippen molar-refractivity contribution >= 4 is 23.2 Å². The lowest BCUT2D eigenvalue weighted by Crippen LogP contribution is -2.33. The lowest BCUT2D eigenvalue weighted by atomic mass is 10.1. The predicted octanol–water partition coefficient (Wildman–Crippen LogP) is 2.09. The minimum atomic E-state index is -0.487. The van der Waals surface area contributed by atoms with Crippen LogP contribution in [0.4, 0.5) is 5.69 Å². The zero-order valence-electron chi connectivity index (χ0n) is 10.7. The third kappa shape index (κ3) is 2.42. The number of nitrogens with two attached hydrogens (primary N) is 1. The molecule has 0 aliphatic carbocycles. The Bertz CT molecular complexity index is 505. The maximum atomic E-state index is 11.1. The van der Waals surface area contributed by atoms with Crippen LogP contribution >= 0.6 is 11.6 Å². The molecule has 102 valence electrons. The Morgan fingerprint density at radius 3 is 2.95 bits per heavy atom. The lowest BCUT2D eigenvalue weighted by molar-refractivity contribution is 0.100. The number of primary amides is 1. The summed E-state index contributed by atoms with van der Waals surface area (Å²) in [4.78, 5) is 13.7. The van der Waals surface area contributed by atoms with Gasteiger partial charge >= 0.3 is 0 Å². The van der Waals surface area contributed by atoms with Gasteiger partial charge in [0.15, 0.2) is 0 Å². The second-order valence-corrected chi connectivity index (χ2v) is 5.75. The maximum Gasteiger partial charge on any atom is 0.250 e. The Morgan fingerprint density at radius 1 is 1.37 bits per heavy atom. The molecule has 2 saturated heterocycles. The van der Waals surface area contributed by atoms with Crippen LogP contribution in [0.5, 0.6) is 0 Å². The fourth-order valence-electron chi connectivity index (χ4n) is 3.27. The SMILES string of the molecule is NC(=O)c1ccc(NC2CCN3CCCC23)cc1Cl. The summed E-state index contributed by atoms with van der Waals surface area (Å²) in [7, 11) is 0. The van der Waals surface area contributed by atoms with Crippen LogP contribution in [0.15, 0.2) is 18.2 Å². The Hall–Kier alpha value is -1.26. The molecule has 2 aliphatic rings. The molecule has 0 saturated carbocycles. The molecule has 0 bridgehead atoms. The van der Waals surface area contributed by atoms with Crippen molar-refractivity contribution in [3.8, 4) is 0 Å². The third-order valence-electron chi connectivity index (χ3n) is 4.19. The van der Waals surface area contributed by atoms with E-state index in [9.17, 15) is 4.79 Å². The van der Waals surface area contributed by atoms with Crippen LogP contribution in [0.3, 0.4) is 0 Å². The first-order valence-corrected chi connectivity index (χ1v) is 7.13. The number of anilines is 1. The van der Waals surface area contributed by atoms with Crippen LogP contribution in [0.2, 0.25) is 5.02 Å². The van der Waals surface area contributed by atoms with Gasteiger partial charge in [0.1, 0.15) is 0 Å². The molecule has 2 heterocycles. The summed E-state index contributed by atoms with van der Waals surface area (Å²) in [6.07, 6.45) is 3.73. The number of hydrogen-bond donors (Lipinski definition) is 2. The molecule has 2 unspecified atom stereocenters. The van der Waals surface area contributed by atoms with Crippen molar-refractivity contribution in [2.45, 2.75) is 31.3 Å². The summed E-state index contributed by atoms with van der Waals surface area (Å²) in [5.74, 6) is -0.487. The molecular weight excluding hydrogens is 262 g/mol. The standard InChI is InChI=1S/C14H18ClN3O/c15-11-8-9(3-4-10(11)14(16)19)17-12-5-7-18-6-1-2-13(12)18/h3-4,8,12-13,17H,1-2,5-7H2,(H2,16,19). The van der Waals surface area contributed by atoms with Gasteiger partial charge in [-0.3, -0.25) is 9.69 Å². The summed E-state index contributed by atoms with van der Waals surface area (Å²) in [6.45, 7) is 2.40. The van der Waals surface area contributed by atoms with Crippen molar-refractivity contribution in [3.05, 3.63) is 28.8 Å². The first-order chi connectivity index (χ1) is 9.15. The van der Waals surface area contributed by atoms with E-state index in [1.54, 1.807) is 12.1 Å². The van der Waals surface area contributed by atoms with E-state index in [4.69, 9.17) is 17.3 Å². The van der Waals surface area contributed by atoms with Gasteiger partial charge in [-0.1, -0.05) is 11.6 Å². The fraction of sp³-hybridized carbons (Fsp3) is 0.500. The van der Waals surface area contributed by atoms with Gasteiger partial charge in [0.2, 0.25) is 5.91 Å². The average Bonchev–Trinajstić information content (AvgIpc) is 2.94. The van der Waals surface area contributed by atoms with Gasteiger partial charge in [0.25, 0.3) is 0 Å². The van der Waals surface area contributed by atoms with E-state index in [1.807, 2.05) is 6.07 Å². The highest BCUT2D eigenvalue weighted by Gasteiger charge is 2.36. The van der Waals surface area contributed by atoms with Crippen LogP contribution in [0.25, 0.3) is 0 Å². The molecule has 1 amide bonds. The first-order valence-electron chi connectivity index (χ1n) is 6.75. The normalized spacial score (nSPS) is 26.4. The molecule has 3 rings (SSSR count). The number of rotatable bonds is 3. The Kier molecular flexibility index (Phi) is 3.37. The van der Waals surface area contributed by atoms with E-state index in [1.165, 1.54) is 32.4 Å². The monoisotopic (exact) mass is 279 g/mol. The highest BCUT2D eigenvalue weighted by atomic mass is 35.5. The maximum absolute atomic E-state index is 11.1. The first kappa shape index (κ1) is 12.8. The fourth-order valence-corrected chi connectivity index (χ4v) is 3.54. The molecule has 2 aliphatic heterocycles. The number of carbonyl (C=O) groups is 1. The van der Waals surface area contributed by atoms with E-state index >= 15 is 0 Å².